The second-order valence-corrected chi connectivity index (χ2v) is 14.1. The van der Waals surface area contributed by atoms with E-state index in [0.717, 1.165) is 11.0 Å². The summed E-state index contributed by atoms with van der Waals surface area (Å²) in [6, 6.07) is 41.8. The zero-order valence-corrected chi connectivity index (χ0v) is 19.9. The van der Waals surface area contributed by atoms with Crippen molar-refractivity contribution < 1.29 is 21.7 Å². The Morgan fingerprint density at radius 3 is 1.28 bits per heavy atom. The Hall–Kier alpha value is -2.28. The molecule has 3 heteroatoms. The number of benzene rings is 4. The molecule has 0 bridgehead atoms. The molecule has 0 heterocycles. The molecule has 4 rings (SSSR count). The van der Waals surface area contributed by atoms with E-state index >= 15 is 0 Å². The first-order valence-electron chi connectivity index (χ1n) is 9.51. The first-order valence-corrected chi connectivity index (χ1v) is 13.6. The fraction of sp³-hybridized carbons (Fsp3) is 0.0769. The summed E-state index contributed by atoms with van der Waals surface area (Å²) in [5, 5.41) is 1.04. The van der Waals surface area contributed by atoms with Gasteiger partial charge in [0.15, 0.2) is 0 Å². The third kappa shape index (κ3) is 4.50. The summed E-state index contributed by atoms with van der Waals surface area (Å²) in [7, 11) is 1.72. The fourth-order valence-corrected chi connectivity index (χ4v) is 12.7. The Bertz CT molecular complexity index is 906. The molecule has 146 valence electrons. The zero-order valence-electron chi connectivity index (χ0n) is 16.4. The van der Waals surface area contributed by atoms with Crippen LogP contribution in [0.1, 0.15) is 5.56 Å². The number of ether oxygens (including phenoxy) is 1. The van der Waals surface area contributed by atoms with E-state index in [1.54, 1.807) is 7.11 Å². The molecular formula is C26H24AsBrO. The number of hydrogen-bond acceptors (Lipinski definition) is 1. The Kier molecular flexibility index (Phi) is 7.36. The molecule has 1 nitrogen and oxygen atoms in total. The van der Waals surface area contributed by atoms with E-state index in [9.17, 15) is 0 Å². The van der Waals surface area contributed by atoms with Crippen LogP contribution in [0.25, 0.3) is 0 Å². The van der Waals surface area contributed by atoms with Gasteiger partial charge in [-0.3, -0.25) is 0 Å². The van der Waals surface area contributed by atoms with Gasteiger partial charge >= 0.3 is 170 Å². The zero-order chi connectivity index (χ0) is 19.2. The van der Waals surface area contributed by atoms with Crippen molar-refractivity contribution in [3.8, 4) is 5.75 Å². The standard InChI is InChI=1S/C26H24AsO.BrH/c1-28-26-19-17-22(18-20-26)21-27(23-11-5-2-6-12-23,24-13-7-3-8-14-24)25-15-9-4-10-16-25;/h2-20H,21H2,1H3;1H/q+1;/p-1. The average molecular weight is 507 g/mol. The molecule has 4 aromatic carbocycles. The van der Waals surface area contributed by atoms with Gasteiger partial charge in [-0.2, -0.15) is 0 Å². The second kappa shape index (κ2) is 9.96. The number of halogens is 1. The quantitative estimate of drug-likeness (QED) is 0.354. The van der Waals surface area contributed by atoms with Crippen molar-refractivity contribution in [1.82, 2.24) is 0 Å². The first-order chi connectivity index (χ1) is 13.8. The van der Waals surface area contributed by atoms with Crippen molar-refractivity contribution in [3.63, 3.8) is 0 Å². The minimum absolute atomic E-state index is 0. The van der Waals surface area contributed by atoms with Gasteiger partial charge < -0.3 is 17.0 Å². The Morgan fingerprint density at radius 1 is 0.552 bits per heavy atom. The number of methoxy groups -OCH3 is 1. The summed E-state index contributed by atoms with van der Waals surface area (Å²) in [5.74, 6) is 0.902. The predicted octanol–water partition coefficient (Wildman–Crippen LogP) is 0.951. The van der Waals surface area contributed by atoms with E-state index in [1.165, 1.54) is 18.6 Å². The van der Waals surface area contributed by atoms with Gasteiger partial charge in [-0.1, -0.05) is 0 Å². The fourth-order valence-electron chi connectivity index (χ4n) is 3.77. The maximum Gasteiger partial charge on any atom is -1.00 e. The van der Waals surface area contributed by atoms with Crippen molar-refractivity contribution in [1.29, 1.82) is 0 Å². The molecule has 0 aromatic heterocycles. The van der Waals surface area contributed by atoms with Gasteiger partial charge in [-0.25, -0.2) is 0 Å². The van der Waals surface area contributed by atoms with Crippen molar-refractivity contribution in [3.05, 3.63) is 121 Å². The Morgan fingerprint density at radius 2 is 0.931 bits per heavy atom. The molecule has 0 N–H and O–H groups in total. The van der Waals surface area contributed by atoms with Crippen LogP contribution in [0, 0.1) is 0 Å². The van der Waals surface area contributed by atoms with Gasteiger partial charge in [0.25, 0.3) is 0 Å². The van der Waals surface area contributed by atoms with Crippen molar-refractivity contribution in [2.45, 2.75) is 5.21 Å². The molecule has 0 saturated carbocycles. The van der Waals surface area contributed by atoms with Crippen LogP contribution in [-0.2, 0) is 5.21 Å². The van der Waals surface area contributed by atoms with E-state index in [4.69, 9.17) is 4.74 Å². The SMILES string of the molecule is COc1ccc(C[As+](c2ccccc2)(c2ccccc2)c2ccccc2)cc1.[Br-]. The topological polar surface area (TPSA) is 9.23 Å². The normalized spacial score (nSPS) is 10.8. The maximum atomic E-state index is 5.37. The van der Waals surface area contributed by atoms with Crippen molar-refractivity contribution in [2.75, 3.05) is 7.11 Å². The van der Waals surface area contributed by atoms with Gasteiger partial charge in [0, 0.05) is 0 Å². The average Bonchev–Trinajstić information content (AvgIpc) is 2.80. The minimum Gasteiger partial charge on any atom is -1.00 e. The van der Waals surface area contributed by atoms with E-state index in [2.05, 4.69) is 115 Å². The predicted molar refractivity (Wildman–Crippen MR) is 121 cm³/mol. The van der Waals surface area contributed by atoms with E-state index in [0.29, 0.717) is 0 Å². The third-order valence-electron chi connectivity index (χ3n) is 5.17. The molecule has 0 saturated heterocycles. The Balaban J connectivity index is 0.00000240. The molecule has 4 aromatic rings. The largest absolute Gasteiger partial charge is 1.00 e. The van der Waals surface area contributed by atoms with Gasteiger partial charge in [0.05, 0.1) is 0 Å². The van der Waals surface area contributed by atoms with Crippen LogP contribution < -0.4 is 34.8 Å². The summed E-state index contributed by atoms with van der Waals surface area (Å²) >= 11 is -2.70. The number of hydrogen-bond donors (Lipinski definition) is 0. The molecule has 0 atom stereocenters. The van der Waals surface area contributed by atoms with E-state index in [1.807, 2.05) is 0 Å². The molecule has 0 aliphatic carbocycles. The smallest absolute Gasteiger partial charge is 1.00 e. The molecule has 0 radical (unpaired) electrons. The van der Waals surface area contributed by atoms with E-state index in [-0.39, 0.29) is 17.0 Å². The molecule has 0 fully saturated rings. The van der Waals surface area contributed by atoms with Crippen LogP contribution in [-0.4, -0.2) is 20.7 Å². The van der Waals surface area contributed by atoms with E-state index < -0.39 is 13.6 Å². The van der Waals surface area contributed by atoms with Crippen molar-refractivity contribution in [2.24, 2.45) is 0 Å². The molecular weight excluding hydrogens is 483 g/mol. The third-order valence-corrected chi connectivity index (χ3v) is 14.4. The monoisotopic (exact) mass is 506 g/mol. The Labute approximate surface area is 186 Å². The maximum absolute atomic E-state index is 5.37. The van der Waals surface area contributed by atoms with Gasteiger partial charge in [0.2, 0.25) is 0 Å². The summed E-state index contributed by atoms with van der Waals surface area (Å²) in [6.45, 7) is 0. The van der Waals surface area contributed by atoms with Crippen LogP contribution in [0.5, 0.6) is 5.75 Å². The molecule has 0 unspecified atom stereocenters. The van der Waals surface area contributed by atoms with Crippen LogP contribution in [0.3, 0.4) is 0 Å². The molecule has 0 spiro atoms. The minimum atomic E-state index is -2.70. The first kappa shape index (κ1) is 21.4. The summed E-state index contributed by atoms with van der Waals surface area (Å²) in [6.07, 6.45) is 0. The molecule has 29 heavy (non-hydrogen) atoms. The summed E-state index contributed by atoms with van der Waals surface area (Å²) < 4.78 is 9.77. The summed E-state index contributed by atoms with van der Waals surface area (Å²) in [4.78, 5) is 0. The summed E-state index contributed by atoms with van der Waals surface area (Å²) in [5.41, 5.74) is 1.35. The van der Waals surface area contributed by atoms with Crippen LogP contribution in [0.15, 0.2) is 115 Å². The van der Waals surface area contributed by atoms with Crippen LogP contribution in [0.2, 0.25) is 0 Å². The van der Waals surface area contributed by atoms with Crippen LogP contribution >= 0.6 is 0 Å². The van der Waals surface area contributed by atoms with Crippen LogP contribution in [0.4, 0.5) is 0 Å². The molecule has 0 aliphatic rings. The van der Waals surface area contributed by atoms with Gasteiger partial charge in [-0.05, 0) is 0 Å². The molecule has 0 aliphatic heterocycles. The van der Waals surface area contributed by atoms with Gasteiger partial charge in [-0.15, -0.1) is 0 Å². The van der Waals surface area contributed by atoms with Crippen molar-refractivity contribution >= 4 is 26.6 Å². The number of rotatable bonds is 6. The molecule has 0 amide bonds. The van der Waals surface area contributed by atoms with Gasteiger partial charge in [0.1, 0.15) is 0 Å². The second-order valence-electron chi connectivity index (χ2n) is 6.82.